The molecule has 2 atom stereocenters. The summed E-state index contributed by atoms with van der Waals surface area (Å²) >= 11 is 3.23. The Morgan fingerprint density at radius 3 is 2.65 bits per heavy atom. The number of carbonyl (C=O) groups is 2. The highest BCUT2D eigenvalue weighted by molar-refractivity contribution is 9.10. The van der Waals surface area contributed by atoms with Crippen LogP contribution < -0.4 is 15.4 Å². The van der Waals surface area contributed by atoms with Crippen molar-refractivity contribution in [2.45, 2.75) is 37.8 Å². The number of fused-ring (bicyclic) bond motifs is 1. The molecule has 2 N–H and O–H groups in total. The average Bonchev–Trinajstić information content (AvgIpc) is 2.84. The zero-order valence-electron chi connectivity index (χ0n) is 18.4. The smallest absolute Gasteiger partial charge is 0.312 e. The molecule has 1 fully saturated rings. The molecule has 176 valence electrons. The summed E-state index contributed by atoms with van der Waals surface area (Å²) in [4.78, 5) is 41.0. The Hall–Kier alpha value is -3.53. The summed E-state index contributed by atoms with van der Waals surface area (Å²) in [7, 11) is 1.45. The molecule has 2 amide bonds. The largest absolute Gasteiger partial charge is 0.481 e. The van der Waals surface area contributed by atoms with Crippen LogP contribution in [0.2, 0.25) is 0 Å². The predicted octanol–water partition coefficient (Wildman–Crippen LogP) is 4.39. The molecule has 34 heavy (non-hydrogen) atoms. The highest BCUT2D eigenvalue weighted by Gasteiger charge is 2.33. The Morgan fingerprint density at radius 2 is 1.88 bits per heavy atom. The van der Waals surface area contributed by atoms with Gasteiger partial charge in [0.05, 0.1) is 22.1 Å². The lowest BCUT2D eigenvalue weighted by Crippen LogP contribution is -2.48. The number of pyridine rings is 1. The first kappa shape index (κ1) is 23.6. The fourth-order valence-electron chi connectivity index (χ4n) is 4.24. The molecule has 9 nitrogen and oxygen atoms in total. The molecule has 1 heterocycles. The standard InChI is InChI=1S/C24H23BrN4O5/c1-26-23(30)17-10-15(25)11-20(29(32)33)22(17)34-21-9-5-4-8-19(21)28-24(31)18-13-27-12-14-6-2-3-7-16(14)18/h2-3,6-7,10-13,19,21H,4-5,8-9H2,1H3,(H,26,30)(H,28,31)/t19-,21+/m0/s1. The molecule has 3 aromatic rings. The number of carbonyl (C=O) groups excluding carboxylic acids is 2. The summed E-state index contributed by atoms with van der Waals surface area (Å²) in [5.41, 5.74) is 0.183. The van der Waals surface area contributed by atoms with Crippen LogP contribution in [0.5, 0.6) is 5.75 Å². The van der Waals surface area contributed by atoms with Crippen LogP contribution in [-0.2, 0) is 0 Å². The first-order valence-corrected chi connectivity index (χ1v) is 11.7. The number of halogens is 1. The Balaban J connectivity index is 1.64. The lowest BCUT2D eigenvalue weighted by Gasteiger charge is -2.32. The van der Waals surface area contributed by atoms with E-state index in [1.54, 1.807) is 6.20 Å². The molecule has 0 radical (unpaired) electrons. The van der Waals surface area contributed by atoms with Crippen molar-refractivity contribution in [1.82, 2.24) is 15.6 Å². The number of benzene rings is 2. The van der Waals surface area contributed by atoms with Gasteiger partial charge in [-0.2, -0.15) is 0 Å². The number of ether oxygens (including phenoxy) is 1. The number of amides is 2. The Morgan fingerprint density at radius 1 is 1.12 bits per heavy atom. The van der Waals surface area contributed by atoms with Gasteiger partial charge in [0, 0.05) is 35.4 Å². The van der Waals surface area contributed by atoms with Gasteiger partial charge in [-0.25, -0.2) is 0 Å². The van der Waals surface area contributed by atoms with Gasteiger partial charge in [0.25, 0.3) is 11.8 Å². The molecule has 0 unspecified atom stereocenters. The van der Waals surface area contributed by atoms with Crippen LogP contribution in [0.4, 0.5) is 5.69 Å². The number of nitrogens with zero attached hydrogens (tertiary/aromatic N) is 2. The average molecular weight is 527 g/mol. The Bertz CT molecular complexity index is 1260. The van der Waals surface area contributed by atoms with Gasteiger partial charge in [0.1, 0.15) is 6.10 Å². The van der Waals surface area contributed by atoms with E-state index in [1.807, 2.05) is 24.3 Å². The highest BCUT2D eigenvalue weighted by Crippen LogP contribution is 2.37. The zero-order valence-corrected chi connectivity index (χ0v) is 20.0. The first-order chi connectivity index (χ1) is 16.4. The fourth-order valence-corrected chi connectivity index (χ4v) is 4.69. The van der Waals surface area contributed by atoms with Gasteiger partial charge >= 0.3 is 5.69 Å². The minimum atomic E-state index is -0.579. The van der Waals surface area contributed by atoms with Crippen molar-refractivity contribution in [1.29, 1.82) is 0 Å². The summed E-state index contributed by atoms with van der Waals surface area (Å²) in [6.07, 6.45) is 5.64. The molecule has 2 aromatic carbocycles. The third-order valence-corrected chi connectivity index (χ3v) is 6.36. The van der Waals surface area contributed by atoms with E-state index in [0.717, 1.165) is 23.6 Å². The van der Waals surface area contributed by atoms with E-state index in [0.29, 0.717) is 22.9 Å². The van der Waals surface area contributed by atoms with Crippen LogP contribution in [0.15, 0.2) is 53.3 Å². The maximum Gasteiger partial charge on any atom is 0.312 e. The van der Waals surface area contributed by atoms with E-state index < -0.39 is 16.9 Å². The zero-order chi connectivity index (χ0) is 24.2. The summed E-state index contributed by atoms with van der Waals surface area (Å²) in [5.74, 6) is -0.898. The Kier molecular flexibility index (Phi) is 7.06. The number of nitro benzene ring substituents is 1. The van der Waals surface area contributed by atoms with Crippen molar-refractivity contribution >= 4 is 44.2 Å². The normalized spacial score (nSPS) is 17.7. The molecule has 1 saturated carbocycles. The molecule has 10 heteroatoms. The molecule has 1 aliphatic carbocycles. The lowest BCUT2D eigenvalue weighted by atomic mass is 9.91. The third kappa shape index (κ3) is 4.86. The minimum absolute atomic E-state index is 0.0532. The topological polar surface area (TPSA) is 123 Å². The van der Waals surface area contributed by atoms with Crippen LogP contribution in [-0.4, -0.2) is 40.9 Å². The van der Waals surface area contributed by atoms with Crippen LogP contribution in [0.25, 0.3) is 10.8 Å². The van der Waals surface area contributed by atoms with E-state index >= 15 is 0 Å². The predicted molar refractivity (Wildman–Crippen MR) is 130 cm³/mol. The monoisotopic (exact) mass is 526 g/mol. The van der Waals surface area contributed by atoms with Gasteiger partial charge in [0.2, 0.25) is 5.75 Å². The van der Waals surface area contributed by atoms with Crippen LogP contribution in [0.3, 0.4) is 0 Å². The van der Waals surface area contributed by atoms with Gasteiger partial charge in [-0.05, 0) is 30.7 Å². The van der Waals surface area contributed by atoms with Crippen molar-refractivity contribution in [3.05, 3.63) is 74.5 Å². The summed E-state index contributed by atoms with van der Waals surface area (Å²) in [5, 5.41) is 18.9. The minimum Gasteiger partial charge on any atom is -0.481 e. The summed E-state index contributed by atoms with van der Waals surface area (Å²) in [6.45, 7) is 0. The van der Waals surface area contributed by atoms with Crippen LogP contribution >= 0.6 is 15.9 Å². The number of rotatable bonds is 6. The van der Waals surface area contributed by atoms with Crippen molar-refractivity contribution in [2.24, 2.45) is 0 Å². The SMILES string of the molecule is CNC(=O)c1cc(Br)cc([N+](=O)[O-])c1O[C@@H]1CCCC[C@@H]1NC(=O)c1cncc2ccccc12. The van der Waals surface area contributed by atoms with Crippen LogP contribution in [0.1, 0.15) is 46.4 Å². The fraction of sp³-hybridized carbons (Fsp3) is 0.292. The highest BCUT2D eigenvalue weighted by atomic mass is 79.9. The van der Waals surface area contributed by atoms with Gasteiger partial charge in [0.15, 0.2) is 0 Å². The van der Waals surface area contributed by atoms with E-state index in [-0.39, 0.29) is 28.9 Å². The van der Waals surface area contributed by atoms with Crippen LogP contribution in [0, 0.1) is 10.1 Å². The molecule has 0 aliphatic heterocycles. The van der Waals surface area contributed by atoms with Crippen molar-refractivity contribution < 1.29 is 19.2 Å². The molecule has 1 aromatic heterocycles. The molecule has 0 spiro atoms. The number of aromatic nitrogens is 1. The van der Waals surface area contributed by atoms with Crippen molar-refractivity contribution in [2.75, 3.05) is 7.05 Å². The van der Waals surface area contributed by atoms with E-state index in [1.165, 1.54) is 25.4 Å². The third-order valence-electron chi connectivity index (χ3n) is 5.90. The number of hydrogen-bond acceptors (Lipinski definition) is 6. The lowest BCUT2D eigenvalue weighted by molar-refractivity contribution is -0.386. The maximum absolute atomic E-state index is 13.2. The summed E-state index contributed by atoms with van der Waals surface area (Å²) < 4.78 is 6.53. The second-order valence-corrected chi connectivity index (χ2v) is 8.98. The van der Waals surface area contributed by atoms with Crippen molar-refractivity contribution in [3.8, 4) is 5.75 Å². The van der Waals surface area contributed by atoms with Gasteiger partial charge in [-0.3, -0.25) is 24.7 Å². The summed E-state index contributed by atoms with van der Waals surface area (Å²) in [6, 6.07) is 9.89. The van der Waals surface area contributed by atoms with Gasteiger partial charge in [-0.15, -0.1) is 0 Å². The Labute approximate surface area is 204 Å². The van der Waals surface area contributed by atoms with E-state index in [2.05, 4.69) is 31.5 Å². The molecular formula is C24H23BrN4O5. The molecular weight excluding hydrogens is 504 g/mol. The number of nitrogens with one attached hydrogen (secondary N) is 2. The molecule has 0 bridgehead atoms. The molecule has 1 aliphatic rings. The first-order valence-electron chi connectivity index (χ1n) is 10.9. The van der Waals surface area contributed by atoms with Gasteiger partial charge in [-0.1, -0.05) is 46.6 Å². The van der Waals surface area contributed by atoms with E-state index in [4.69, 9.17) is 4.74 Å². The molecule has 0 saturated heterocycles. The second kappa shape index (κ2) is 10.2. The second-order valence-electron chi connectivity index (χ2n) is 8.07. The number of hydrogen-bond donors (Lipinski definition) is 2. The number of nitro groups is 1. The van der Waals surface area contributed by atoms with Crippen molar-refractivity contribution in [3.63, 3.8) is 0 Å². The van der Waals surface area contributed by atoms with E-state index in [9.17, 15) is 19.7 Å². The quantitative estimate of drug-likeness (QED) is 0.362. The maximum atomic E-state index is 13.2. The molecule has 4 rings (SSSR count). The van der Waals surface area contributed by atoms with Gasteiger partial charge < -0.3 is 15.4 Å².